The lowest BCUT2D eigenvalue weighted by Crippen LogP contribution is -2.42. The van der Waals surface area contributed by atoms with Gasteiger partial charge in [0.1, 0.15) is 5.82 Å². The number of methoxy groups -OCH3 is 1. The molecule has 0 spiro atoms. The van der Waals surface area contributed by atoms with Gasteiger partial charge in [-0.15, -0.1) is 11.8 Å². The van der Waals surface area contributed by atoms with Crippen LogP contribution in [0.2, 0.25) is 0 Å². The van der Waals surface area contributed by atoms with E-state index in [1.165, 1.54) is 12.1 Å². The molecule has 0 aromatic heterocycles. The Morgan fingerprint density at radius 2 is 2.28 bits per heavy atom. The van der Waals surface area contributed by atoms with Gasteiger partial charge in [0.2, 0.25) is 0 Å². The first-order valence-corrected chi connectivity index (χ1v) is 6.99. The largest absolute Gasteiger partial charge is 0.385 e. The SMILES string of the molecule is COCCC(C)C(CSc1cccc(F)c1)NN. The van der Waals surface area contributed by atoms with Gasteiger partial charge < -0.3 is 4.74 Å². The zero-order valence-corrected chi connectivity index (χ0v) is 11.7. The van der Waals surface area contributed by atoms with E-state index >= 15 is 0 Å². The number of halogens is 1. The summed E-state index contributed by atoms with van der Waals surface area (Å²) in [4.78, 5) is 0.925. The van der Waals surface area contributed by atoms with Crippen molar-refractivity contribution in [1.82, 2.24) is 5.43 Å². The molecule has 1 aromatic rings. The number of nitrogens with one attached hydrogen (secondary N) is 1. The molecule has 0 bridgehead atoms. The van der Waals surface area contributed by atoms with Crippen molar-refractivity contribution in [3.63, 3.8) is 0 Å². The normalized spacial score (nSPS) is 14.4. The smallest absolute Gasteiger partial charge is 0.124 e. The topological polar surface area (TPSA) is 47.3 Å². The molecule has 102 valence electrons. The zero-order valence-electron chi connectivity index (χ0n) is 10.9. The predicted octanol–water partition coefficient (Wildman–Crippen LogP) is 2.42. The van der Waals surface area contributed by atoms with Crippen LogP contribution in [0, 0.1) is 11.7 Å². The Labute approximate surface area is 112 Å². The summed E-state index contributed by atoms with van der Waals surface area (Å²) in [6.07, 6.45) is 0.953. The van der Waals surface area contributed by atoms with Crippen molar-refractivity contribution in [2.45, 2.75) is 24.3 Å². The summed E-state index contributed by atoms with van der Waals surface area (Å²) in [5.74, 6) is 6.58. The van der Waals surface area contributed by atoms with E-state index in [0.717, 1.165) is 23.7 Å². The Kier molecular flexibility index (Phi) is 7.27. The Morgan fingerprint density at radius 1 is 1.50 bits per heavy atom. The van der Waals surface area contributed by atoms with Crippen molar-refractivity contribution in [2.24, 2.45) is 11.8 Å². The number of rotatable bonds is 8. The van der Waals surface area contributed by atoms with Crippen molar-refractivity contribution >= 4 is 11.8 Å². The van der Waals surface area contributed by atoms with Crippen molar-refractivity contribution in [3.8, 4) is 0 Å². The van der Waals surface area contributed by atoms with E-state index in [2.05, 4.69) is 12.3 Å². The highest BCUT2D eigenvalue weighted by Gasteiger charge is 2.15. The van der Waals surface area contributed by atoms with Gasteiger partial charge in [-0.25, -0.2) is 4.39 Å². The number of benzene rings is 1. The standard InChI is InChI=1S/C13H21FN2OS/c1-10(6-7-17-2)13(16-15)9-18-12-5-3-4-11(14)8-12/h3-5,8,10,13,16H,6-7,9,15H2,1-2H3. The lowest BCUT2D eigenvalue weighted by Gasteiger charge is -2.22. The van der Waals surface area contributed by atoms with E-state index in [-0.39, 0.29) is 11.9 Å². The minimum absolute atomic E-state index is 0.188. The van der Waals surface area contributed by atoms with Gasteiger partial charge in [0.15, 0.2) is 0 Å². The van der Waals surface area contributed by atoms with Crippen LogP contribution >= 0.6 is 11.8 Å². The van der Waals surface area contributed by atoms with Gasteiger partial charge in [0, 0.05) is 30.4 Å². The summed E-state index contributed by atoms with van der Waals surface area (Å²) >= 11 is 1.61. The maximum Gasteiger partial charge on any atom is 0.124 e. The molecule has 2 unspecified atom stereocenters. The highest BCUT2D eigenvalue weighted by molar-refractivity contribution is 7.99. The number of thioether (sulfide) groups is 1. The van der Waals surface area contributed by atoms with Crippen LogP contribution in [0.5, 0.6) is 0 Å². The van der Waals surface area contributed by atoms with Gasteiger partial charge in [0.05, 0.1) is 0 Å². The quantitative estimate of drug-likeness (QED) is 0.433. The number of nitrogens with two attached hydrogens (primary N) is 1. The summed E-state index contributed by atoms with van der Waals surface area (Å²) in [5.41, 5.74) is 2.83. The second kappa shape index (κ2) is 8.48. The highest BCUT2D eigenvalue weighted by atomic mass is 32.2. The van der Waals surface area contributed by atoms with E-state index < -0.39 is 0 Å². The molecule has 2 atom stereocenters. The van der Waals surface area contributed by atoms with E-state index in [9.17, 15) is 4.39 Å². The van der Waals surface area contributed by atoms with Crippen LogP contribution in [0.25, 0.3) is 0 Å². The first-order chi connectivity index (χ1) is 8.67. The predicted molar refractivity (Wildman–Crippen MR) is 73.9 cm³/mol. The molecule has 1 aromatic carbocycles. The number of ether oxygens (including phenoxy) is 1. The first kappa shape index (κ1) is 15.4. The van der Waals surface area contributed by atoms with Crippen LogP contribution in [0.3, 0.4) is 0 Å². The van der Waals surface area contributed by atoms with Gasteiger partial charge in [-0.2, -0.15) is 0 Å². The fourth-order valence-corrected chi connectivity index (χ4v) is 2.79. The Hall–Kier alpha value is -0.620. The molecule has 1 rings (SSSR count). The zero-order chi connectivity index (χ0) is 13.4. The molecule has 0 amide bonds. The fraction of sp³-hybridized carbons (Fsp3) is 0.538. The van der Waals surface area contributed by atoms with Gasteiger partial charge in [-0.05, 0) is 30.5 Å². The summed E-state index contributed by atoms with van der Waals surface area (Å²) in [5, 5.41) is 0. The Bertz CT molecular complexity index is 352. The summed E-state index contributed by atoms with van der Waals surface area (Å²) in [6.45, 7) is 2.86. The maximum atomic E-state index is 13.0. The molecule has 0 saturated heterocycles. The minimum atomic E-state index is -0.204. The molecule has 0 aliphatic heterocycles. The van der Waals surface area contributed by atoms with Crippen molar-refractivity contribution < 1.29 is 9.13 Å². The lowest BCUT2D eigenvalue weighted by molar-refractivity contribution is 0.172. The van der Waals surface area contributed by atoms with Crippen LogP contribution in [0.1, 0.15) is 13.3 Å². The van der Waals surface area contributed by atoms with Crippen LogP contribution in [0.4, 0.5) is 4.39 Å². The molecule has 3 N–H and O–H groups in total. The van der Waals surface area contributed by atoms with E-state index in [0.29, 0.717) is 5.92 Å². The lowest BCUT2D eigenvalue weighted by atomic mass is 10.0. The molecule has 0 saturated carbocycles. The van der Waals surface area contributed by atoms with Gasteiger partial charge in [-0.3, -0.25) is 11.3 Å². The third kappa shape index (κ3) is 5.35. The Balaban J connectivity index is 2.43. The monoisotopic (exact) mass is 272 g/mol. The molecule has 0 heterocycles. The van der Waals surface area contributed by atoms with Crippen molar-refractivity contribution in [1.29, 1.82) is 0 Å². The average Bonchev–Trinajstić information content (AvgIpc) is 2.37. The van der Waals surface area contributed by atoms with Crippen LogP contribution in [-0.2, 0) is 4.74 Å². The molecular weight excluding hydrogens is 251 g/mol. The number of hydrazine groups is 1. The van der Waals surface area contributed by atoms with Crippen molar-refractivity contribution in [2.75, 3.05) is 19.5 Å². The molecule has 5 heteroatoms. The van der Waals surface area contributed by atoms with Gasteiger partial charge in [0.25, 0.3) is 0 Å². The molecule has 3 nitrogen and oxygen atoms in total. The molecule has 18 heavy (non-hydrogen) atoms. The molecule has 0 aliphatic rings. The Morgan fingerprint density at radius 3 is 2.89 bits per heavy atom. The average molecular weight is 272 g/mol. The summed E-state index contributed by atoms with van der Waals surface area (Å²) in [6, 6.07) is 6.80. The second-order valence-corrected chi connectivity index (χ2v) is 5.39. The van der Waals surface area contributed by atoms with Crippen molar-refractivity contribution in [3.05, 3.63) is 30.1 Å². The molecular formula is C13H21FN2OS. The molecule has 0 radical (unpaired) electrons. The van der Waals surface area contributed by atoms with E-state index in [1.54, 1.807) is 24.9 Å². The maximum absolute atomic E-state index is 13.0. The highest BCUT2D eigenvalue weighted by Crippen LogP contribution is 2.22. The number of hydrogen-bond donors (Lipinski definition) is 2. The first-order valence-electron chi connectivity index (χ1n) is 6.00. The fourth-order valence-electron chi connectivity index (χ4n) is 1.62. The molecule has 0 fully saturated rings. The van der Waals surface area contributed by atoms with Crippen LogP contribution < -0.4 is 11.3 Å². The number of hydrogen-bond acceptors (Lipinski definition) is 4. The minimum Gasteiger partial charge on any atom is -0.385 e. The third-order valence-corrected chi connectivity index (χ3v) is 4.02. The van der Waals surface area contributed by atoms with E-state index in [4.69, 9.17) is 10.6 Å². The molecule has 0 aliphatic carbocycles. The summed E-state index contributed by atoms with van der Waals surface area (Å²) in [7, 11) is 1.69. The third-order valence-electron chi connectivity index (χ3n) is 2.90. The second-order valence-electron chi connectivity index (χ2n) is 4.30. The summed E-state index contributed by atoms with van der Waals surface area (Å²) < 4.78 is 18.1. The van der Waals surface area contributed by atoms with E-state index in [1.807, 2.05) is 6.07 Å². The van der Waals surface area contributed by atoms with Crippen LogP contribution in [-0.4, -0.2) is 25.5 Å². The van der Waals surface area contributed by atoms with Gasteiger partial charge in [-0.1, -0.05) is 13.0 Å². The van der Waals surface area contributed by atoms with Crippen LogP contribution in [0.15, 0.2) is 29.2 Å². The van der Waals surface area contributed by atoms with Gasteiger partial charge >= 0.3 is 0 Å².